The van der Waals surface area contributed by atoms with Gasteiger partial charge in [-0.05, 0) is 62.7 Å². The minimum absolute atomic E-state index is 0.0905. The van der Waals surface area contributed by atoms with Crippen molar-refractivity contribution < 1.29 is 23.9 Å². The van der Waals surface area contributed by atoms with E-state index in [9.17, 15) is 19.6 Å². The number of amides is 3. The van der Waals surface area contributed by atoms with Gasteiger partial charge in [0.2, 0.25) is 5.91 Å². The van der Waals surface area contributed by atoms with Gasteiger partial charge in [0.1, 0.15) is 17.4 Å². The molecule has 202 valence electrons. The van der Waals surface area contributed by atoms with Gasteiger partial charge in [0, 0.05) is 12.5 Å². The average molecular weight is 529 g/mol. The fraction of sp³-hybridized carbons (Fsp3) is 0.333. The van der Waals surface area contributed by atoms with Crippen LogP contribution in [0.4, 0.5) is 16.2 Å². The number of alkyl carbamates (subject to hydrolysis) is 1. The lowest BCUT2D eigenvalue weighted by Crippen LogP contribution is -2.58. The van der Waals surface area contributed by atoms with Crippen LogP contribution in [0.3, 0.4) is 0 Å². The second-order valence-corrected chi connectivity index (χ2v) is 10.5. The molecule has 0 spiro atoms. The molecule has 3 amide bonds. The highest BCUT2D eigenvalue weighted by molar-refractivity contribution is 6.08. The Morgan fingerprint density at radius 3 is 2.44 bits per heavy atom. The first-order valence-electron chi connectivity index (χ1n) is 12.6. The molecule has 0 aliphatic carbocycles. The van der Waals surface area contributed by atoms with E-state index >= 15 is 0 Å². The SMILES string of the molecule is COc1ccc2ccccc2c1CN1C(=O)[C@@H](NC(=O)OC(C)(C)C)[C@H](C)N(C(C)=O)c2cc(C#N)ccc21. The molecule has 0 saturated carbocycles. The highest BCUT2D eigenvalue weighted by Crippen LogP contribution is 2.39. The van der Waals surface area contributed by atoms with Gasteiger partial charge in [-0.3, -0.25) is 9.59 Å². The number of ether oxygens (including phenoxy) is 2. The van der Waals surface area contributed by atoms with Crippen LogP contribution in [0.15, 0.2) is 54.6 Å². The van der Waals surface area contributed by atoms with Gasteiger partial charge < -0.3 is 24.6 Å². The van der Waals surface area contributed by atoms with Crippen LogP contribution in [0.1, 0.15) is 45.7 Å². The van der Waals surface area contributed by atoms with Gasteiger partial charge in [-0.2, -0.15) is 5.26 Å². The zero-order valence-corrected chi connectivity index (χ0v) is 22.9. The fourth-order valence-electron chi connectivity index (χ4n) is 4.94. The van der Waals surface area contributed by atoms with Crippen LogP contribution in [0.25, 0.3) is 10.8 Å². The lowest BCUT2D eigenvalue weighted by Gasteiger charge is -2.32. The summed E-state index contributed by atoms with van der Waals surface area (Å²) in [6.07, 6.45) is -0.775. The van der Waals surface area contributed by atoms with Crippen molar-refractivity contribution in [1.82, 2.24) is 5.32 Å². The van der Waals surface area contributed by atoms with Crippen LogP contribution in [0.2, 0.25) is 0 Å². The van der Waals surface area contributed by atoms with Crippen LogP contribution in [-0.2, 0) is 20.9 Å². The average Bonchev–Trinajstić information content (AvgIpc) is 2.96. The number of nitrogens with zero attached hydrogens (tertiary/aromatic N) is 3. The number of nitrogens with one attached hydrogen (secondary N) is 1. The normalized spacial score (nSPS) is 17.2. The molecule has 1 aliphatic heterocycles. The van der Waals surface area contributed by atoms with E-state index < -0.39 is 29.7 Å². The maximum absolute atomic E-state index is 14.3. The summed E-state index contributed by atoms with van der Waals surface area (Å²) in [6, 6.07) is 16.6. The summed E-state index contributed by atoms with van der Waals surface area (Å²) < 4.78 is 11.1. The van der Waals surface area contributed by atoms with Crippen LogP contribution in [0.5, 0.6) is 5.75 Å². The number of nitriles is 1. The standard InChI is InChI=1S/C30H32N4O5/c1-18-27(32-29(37)39-30(3,4)5)28(36)33(24-13-11-20(16-31)15-25(24)34(18)19(2)35)17-23-22-10-8-7-9-21(22)12-14-26(23)38-6/h7-15,18,27H,17H2,1-6H3,(H,32,37)/t18-,27-/m0/s1. The third-order valence-corrected chi connectivity index (χ3v) is 6.62. The lowest BCUT2D eigenvalue weighted by atomic mass is 10.0. The molecular weight excluding hydrogens is 496 g/mol. The van der Waals surface area contributed by atoms with Crippen molar-refractivity contribution in [2.75, 3.05) is 16.9 Å². The van der Waals surface area contributed by atoms with E-state index in [4.69, 9.17) is 9.47 Å². The highest BCUT2D eigenvalue weighted by atomic mass is 16.6. The molecule has 9 heteroatoms. The Labute approximate surface area is 227 Å². The maximum Gasteiger partial charge on any atom is 0.408 e. The number of fused-ring (bicyclic) bond motifs is 2. The quantitative estimate of drug-likeness (QED) is 0.515. The molecule has 0 radical (unpaired) electrons. The van der Waals surface area contributed by atoms with Crippen LogP contribution in [-0.4, -0.2) is 42.7 Å². The van der Waals surface area contributed by atoms with Gasteiger partial charge in [0.25, 0.3) is 5.91 Å². The molecule has 3 aromatic rings. The van der Waals surface area contributed by atoms with E-state index in [1.807, 2.05) is 36.4 Å². The number of hydrogen-bond acceptors (Lipinski definition) is 6. The molecular formula is C30H32N4O5. The third kappa shape index (κ3) is 5.50. The van der Waals surface area contributed by atoms with Crippen molar-refractivity contribution >= 4 is 40.1 Å². The van der Waals surface area contributed by atoms with E-state index in [0.717, 1.165) is 16.3 Å². The number of rotatable bonds is 4. The monoisotopic (exact) mass is 528 g/mol. The predicted molar refractivity (Wildman–Crippen MR) is 149 cm³/mol. The summed E-state index contributed by atoms with van der Waals surface area (Å²) in [5.74, 6) is -0.181. The minimum Gasteiger partial charge on any atom is -0.496 e. The van der Waals surface area contributed by atoms with E-state index in [-0.39, 0.29) is 12.5 Å². The van der Waals surface area contributed by atoms with Crippen molar-refractivity contribution in [2.24, 2.45) is 0 Å². The molecule has 4 rings (SSSR count). The van der Waals surface area contributed by atoms with Gasteiger partial charge in [0.15, 0.2) is 0 Å². The molecule has 1 heterocycles. The summed E-state index contributed by atoms with van der Waals surface area (Å²) in [7, 11) is 1.57. The van der Waals surface area contributed by atoms with E-state index in [0.29, 0.717) is 22.7 Å². The van der Waals surface area contributed by atoms with Gasteiger partial charge >= 0.3 is 6.09 Å². The van der Waals surface area contributed by atoms with Crippen molar-refractivity contribution in [2.45, 2.75) is 58.8 Å². The summed E-state index contributed by atoms with van der Waals surface area (Å²) in [5.41, 5.74) is 1.14. The summed E-state index contributed by atoms with van der Waals surface area (Å²) in [5, 5.41) is 14.2. The van der Waals surface area contributed by atoms with E-state index in [2.05, 4.69) is 11.4 Å². The number of carbonyl (C=O) groups is 3. The first kappa shape index (κ1) is 27.5. The smallest absolute Gasteiger partial charge is 0.408 e. The Bertz CT molecular complexity index is 1490. The highest BCUT2D eigenvalue weighted by Gasteiger charge is 2.42. The first-order valence-corrected chi connectivity index (χ1v) is 12.6. The molecule has 39 heavy (non-hydrogen) atoms. The Hall–Kier alpha value is -4.58. The number of hydrogen-bond donors (Lipinski definition) is 1. The predicted octanol–water partition coefficient (Wildman–Crippen LogP) is 4.90. The molecule has 1 N–H and O–H groups in total. The number of carbonyl (C=O) groups excluding carboxylic acids is 3. The number of benzene rings is 3. The van der Waals surface area contributed by atoms with Crippen molar-refractivity contribution in [3.8, 4) is 11.8 Å². The molecule has 3 aromatic carbocycles. The largest absolute Gasteiger partial charge is 0.496 e. The van der Waals surface area contributed by atoms with Crippen LogP contribution < -0.4 is 19.9 Å². The van der Waals surface area contributed by atoms with Gasteiger partial charge in [0.05, 0.1) is 42.7 Å². The number of anilines is 2. The lowest BCUT2D eigenvalue weighted by molar-refractivity contribution is -0.121. The maximum atomic E-state index is 14.3. The van der Waals surface area contributed by atoms with Gasteiger partial charge in [-0.25, -0.2) is 4.79 Å². The first-order chi connectivity index (χ1) is 18.4. The molecule has 0 aromatic heterocycles. The van der Waals surface area contributed by atoms with Crippen LogP contribution >= 0.6 is 0 Å². The van der Waals surface area contributed by atoms with Crippen molar-refractivity contribution in [1.29, 1.82) is 5.26 Å². The Morgan fingerprint density at radius 2 is 1.79 bits per heavy atom. The minimum atomic E-state index is -1.14. The summed E-state index contributed by atoms with van der Waals surface area (Å²) in [6.45, 7) is 8.35. The topological polar surface area (TPSA) is 112 Å². The molecule has 0 unspecified atom stereocenters. The summed E-state index contributed by atoms with van der Waals surface area (Å²) in [4.78, 5) is 43.1. The number of methoxy groups -OCH3 is 1. The molecule has 0 saturated heterocycles. The third-order valence-electron chi connectivity index (χ3n) is 6.62. The molecule has 0 fully saturated rings. The Morgan fingerprint density at radius 1 is 1.08 bits per heavy atom. The van der Waals surface area contributed by atoms with E-state index in [1.54, 1.807) is 53.0 Å². The Kier molecular flexibility index (Phi) is 7.50. The van der Waals surface area contributed by atoms with Crippen molar-refractivity contribution in [3.05, 3.63) is 65.7 Å². The van der Waals surface area contributed by atoms with E-state index in [1.165, 1.54) is 16.7 Å². The Balaban J connectivity index is 1.91. The second-order valence-electron chi connectivity index (χ2n) is 10.5. The fourth-order valence-corrected chi connectivity index (χ4v) is 4.94. The zero-order chi connectivity index (χ0) is 28.5. The molecule has 1 aliphatic rings. The second kappa shape index (κ2) is 10.7. The molecule has 9 nitrogen and oxygen atoms in total. The van der Waals surface area contributed by atoms with Crippen molar-refractivity contribution in [3.63, 3.8) is 0 Å². The van der Waals surface area contributed by atoms with Gasteiger partial charge in [-0.1, -0.05) is 30.3 Å². The zero-order valence-electron chi connectivity index (χ0n) is 22.9. The summed E-state index contributed by atoms with van der Waals surface area (Å²) >= 11 is 0. The van der Waals surface area contributed by atoms with Crippen LogP contribution in [0, 0.1) is 11.3 Å². The van der Waals surface area contributed by atoms with Gasteiger partial charge in [-0.15, -0.1) is 0 Å². The molecule has 2 atom stereocenters. The molecule has 0 bridgehead atoms.